The third kappa shape index (κ3) is 10.4. The van der Waals surface area contributed by atoms with E-state index in [1.165, 1.54) is 12.8 Å². The van der Waals surface area contributed by atoms with Crippen LogP contribution < -0.4 is 5.32 Å². The highest BCUT2D eigenvalue weighted by atomic mass is 16.5. The SMILES string of the molecule is CCCNCC(C)(C)CCOCCC(C)C. The predicted octanol–water partition coefficient (Wildman–Crippen LogP) is 3.47. The van der Waals surface area contributed by atoms with Crippen LogP contribution in [0.2, 0.25) is 0 Å². The summed E-state index contributed by atoms with van der Waals surface area (Å²) in [6.45, 7) is 15.3. The molecule has 0 radical (unpaired) electrons. The van der Waals surface area contributed by atoms with Crippen molar-refractivity contribution in [2.75, 3.05) is 26.3 Å². The Morgan fingerprint density at radius 3 is 2.44 bits per heavy atom. The van der Waals surface area contributed by atoms with Gasteiger partial charge in [-0.25, -0.2) is 0 Å². The van der Waals surface area contributed by atoms with Gasteiger partial charge in [0.2, 0.25) is 0 Å². The van der Waals surface area contributed by atoms with Crippen LogP contribution in [0, 0.1) is 11.3 Å². The molecule has 1 N–H and O–H groups in total. The van der Waals surface area contributed by atoms with E-state index in [1.807, 2.05) is 0 Å². The normalized spacial score (nSPS) is 12.4. The van der Waals surface area contributed by atoms with Crippen LogP contribution in [-0.4, -0.2) is 26.3 Å². The van der Waals surface area contributed by atoms with Crippen molar-refractivity contribution >= 4 is 0 Å². The number of ether oxygens (including phenoxy) is 1. The third-order valence-corrected chi connectivity index (χ3v) is 2.79. The number of nitrogens with one attached hydrogen (secondary N) is 1. The zero-order chi connectivity index (χ0) is 12.4. The molecule has 98 valence electrons. The monoisotopic (exact) mass is 229 g/mol. The van der Waals surface area contributed by atoms with Crippen molar-refractivity contribution in [2.45, 2.75) is 53.9 Å². The van der Waals surface area contributed by atoms with Gasteiger partial charge in [-0.1, -0.05) is 34.6 Å². The lowest BCUT2D eigenvalue weighted by molar-refractivity contribution is 0.0955. The molecule has 0 aromatic rings. The van der Waals surface area contributed by atoms with Crippen LogP contribution in [0.15, 0.2) is 0 Å². The molecular weight excluding hydrogens is 198 g/mol. The molecule has 0 fully saturated rings. The molecule has 0 spiro atoms. The van der Waals surface area contributed by atoms with Crippen LogP contribution >= 0.6 is 0 Å². The van der Waals surface area contributed by atoms with Crippen molar-refractivity contribution in [2.24, 2.45) is 11.3 Å². The maximum Gasteiger partial charge on any atom is 0.0471 e. The third-order valence-electron chi connectivity index (χ3n) is 2.79. The van der Waals surface area contributed by atoms with Crippen LogP contribution in [0.1, 0.15) is 53.9 Å². The van der Waals surface area contributed by atoms with E-state index in [-0.39, 0.29) is 0 Å². The Kier molecular flexibility index (Phi) is 8.96. The van der Waals surface area contributed by atoms with E-state index in [0.717, 1.165) is 38.6 Å². The van der Waals surface area contributed by atoms with Crippen LogP contribution in [0.3, 0.4) is 0 Å². The van der Waals surface area contributed by atoms with E-state index >= 15 is 0 Å². The zero-order valence-electron chi connectivity index (χ0n) is 11.9. The van der Waals surface area contributed by atoms with Gasteiger partial charge in [0.15, 0.2) is 0 Å². The maximum absolute atomic E-state index is 5.66. The van der Waals surface area contributed by atoms with Gasteiger partial charge in [0.25, 0.3) is 0 Å². The van der Waals surface area contributed by atoms with Crippen LogP contribution in [0.25, 0.3) is 0 Å². The molecular formula is C14H31NO. The molecule has 0 amide bonds. The predicted molar refractivity (Wildman–Crippen MR) is 71.8 cm³/mol. The molecule has 0 rings (SSSR count). The topological polar surface area (TPSA) is 21.3 Å². The fraction of sp³-hybridized carbons (Fsp3) is 1.00. The molecule has 0 aliphatic heterocycles. The second kappa shape index (κ2) is 9.00. The van der Waals surface area contributed by atoms with E-state index in [1.54, 1.807) is 0 Å². The quantitative estimate of drug-likeness (QED) is 0.579. The van der Waals surface area contributed by atoms with Crippen LogP contribution in [-0.2, 0) is 4.74 Å². The average Bonchev–Trinajstić information content (AvgIpc) is 2.16. The minimum absolute atomic E-state index is 0.354. The lowest BCUT2D eigenvalue weighted by Crippen LogP contribution is -2.31. The molecule has 0 aliphatic carbocycles. The average molecular weight is 229 g/mol. The Morgan fingerprint density at radius 1 is 1.19 bits per heavy atom. The zero-order valence-corrected chi connectivity index (χ0v) is 11.9. The van der Waals surface area contributed by atoms with E-state index in [9.17, 15) is 0 Å². The van der Waals surface area contributed by atoms with E-state index in [2.05, 4.69) is 39.9 Å². The first kappa shape index (κ1) is 15.9. The van der Waals surface area contributed by atoms with Gasteiger partial charge >= 0.3 is 0 Å². The van der Waals surface area contributed by atoms with Gasteiger partial charge in [0.05, 0.1) is 0 Å². The molecule has 16 heavy (non-hydrogen) atoms. The number of hydrogen-bond acceptors (Lipinski definition) is 2. The summed E-state index contributed by atoms with van der Waals surface area (Å²) in [6.07, 6.45) is 3.53. The molecule has 0 aromatic heterocycles. The van der Waals surface area contributed by atoms with Gasteiger partial charge in [0.1, 0.15) is 0 Å². The minimum Gasteiger partial charge on any atom is -0.381 e. The van der Waals surface area contributed by atoms with E-state index < -0.39 is 0 Å². The Hall–Kier alpha value is -0.0800. The fourth-order valence-corrected chi connectivity index (χ4v) is 1.46. The maximum atomic E-state index is 5.66. The van der Waals surface area contributed by atoms with Crippen LogP contribution in [0.4, 0.5) is 0 Å². The molecule has 2 nitrogen and oxygen atoms in total. The molecule has 0 saturated carbocycles. The first-order valence-corrected chi connectivity index (χ1v) is 6.76. The minimum atomic E-state index is 0.354. The number of hydrogen-bond donors (Lipinski definition) is 1. The van der Waals surface area contributed by atoms with Crippen molar-refractivity contribution < 1.29 is 4.74 Å². The summed E-state index contributed by atoms with van der Waals surface area (Å²) in [5.41, 5.74) is 0.354. The fourth-order valence-electron chi connectivity index (χ4n) is 1.46. The van der Waals surface area contributed by atoms with Crippen LogP contribution in [0.5, 0.6) is 0 Å². The molecule has 0 heterocycles. The van der Waals surface area contributed by atoms with Gasteiger partial charge in [-0.05, 0) is 37.1 Å². The molecule has 2 heteroatoms. The Labute approximate surface area is 102 Å². The highest BCUT2D eigenvalue weighted by molar-refractivity contribution is 4.71. The summed E-state index contributed by atoms with van der Waals surface area (Å²) in [4.78, 5) is 0. The summed E-state index contributed by atoms with van der Waals surface area (Å²) in [6, 6.07) is 0. The molecule has 0 bridgehead atoms. The van der Waals surface area contributed by atoms with Crippen molar-refractivity contribution in [3.05, 3.63) is 0 Å². The molecule has 0 aliphatic rings. The second-order valence-corrected chi connectivity index (χ2v) is 5.89. The van der Waals surface area contributed by atoms with Gasteiger partial charge < -0.3 is 10.1 Å². The first-order chi connectivity index (χ1) is 7.48. The summed E-state index contributed by atoms with van der Waals surface area (Å²) in [7, 11) is 0. The van der Waals surface area contributed by atoms with Gasteiger partial charge in [0, 0.05) is 19.8 Å². The number of rotatable bonds is 10. The summed E-state index contributed by atoms with van der Waals surface area (Å²) >= 11 is 0. The molecule has 0 aromatic carbocycles. The highest BCUT2D eigenvalue weighted by Gasteiger charge is 2.16. The summed E-state index contributed by atoms with van der Waals surface area (Å²) in [5.74, 6) is 0.749. The highest BCUT2D eigenvalue weighted by Crippen LogP contribution is 2.18. The lowest BCUT2D eigenvalue weighted by Gasteiger charge is -2.25. The Bertz CT molecular complexity index is 155. The molecule has 0 atom stereocenters. The van der Waals surface area contributed by atoms with Gasteiger partial charge in [-0.2, -0.15) is 0 Å². The second-order valence-electron chi connectivity index (χ2n) is 5.89. The Morgan fingerprint density at radius 2 is 1.88 bits per heavy atom. The van der Waals surface area contributed by atoms with E-state index in [0.29, 0.717) is 5.41 Å². The van der Waals surface area contributed by atoms with Crippen molar-refractivity contribution in [3.8, 4) is 0 Å². The lowest BCUT2D eigenvalue weighted by atomic mass is 9.90. The van der Waals surface area contributed by atoms with Gasteiger partial charge in [-0.15, -0.1) is 0 Å². The van der Waals surface area contributed by atoms with Crippen molar-refractivity contribution in [1.29, 1.82) is 0 Å². The molecule has 0 unspecified atom stereocenters. The van der Waals surface area contributed by atoms with Gasteiger partial charge in [-0.3, -0.25) is 0 Å². The van der Waals surface area contributed by atoms with Crippen molar-refractivity contribution in [3.63, 3.8) is 0 Å². The summed E-state index contributed by atoms with van der Waals surface area (Å²) in [5, 5.41) is 3.48. The Balaban J connectivity index is 3.42. The first-order valence-electron chi connectivity index (χ1n) is 6.76. The largest absolute Gasteiger partial charge is 0.381 e. The standard InChI is InChI=1S/C14H31NO/c1-6-9-15-12-14(4,5)8-11-16-10-7-13(2)3/h13,15H,6-12H2,1-5H3. The van der Waals surface area contributed by atoms with Crippen molar-refractivity contribution in [1.82, 2.24) is 5.32 Å². The molecule has 0 saturated heterocycles. The smallest absolute Gasteiger partial charge is 0.0471 e. The summed E-state index contributed by atoms with van der Waals surface area (Å²) < 4.78 is 5.66. The van der Waals surface area contributed by atoms with E-state index in [4.69, 9.17) is 4.74 Å².